The molecule has 0 aromatic carbocycles. The van der Waals surface area contributed by atoms with E-state index in [4.69, 9.17) is 19.7 Å². The van der Waals surface area contributed by atoms with E-state index >= 15 is 0 Å². The molecule has 0 bridgehead atoms. The second-order valence-electron chi connectivity index (χ2n) is 9.95. The summed E-state index contributed by atoms with van der Waals surface area (Å²) >= 11 is 0. The molecule has 1 atom stereocenters. The summed E-state index contributed by atoms with van der Waals surface area (Å²) in [7, 11) is 1.88. The van der Waals surface area contributed by atoms with Crippen molar-refractivity contribution in [1.29, 1.82) is 0 Å². The number of aryl methyl sites for hydroxylation is 1. The second kappa shape index (κ2) is 10.5. The van der Waals surface area contributed by atoms with Crippen molar-refractivity contribution in [2.75, 3.05) is 44.2 Å². The lowest BCUT2D eigenvalue weighted by Crippen LogP contribution is -2.45. The average Bonchev–Trinajstić information content (AvgIpc) is 3.55. The Morgan fingerprint density at radius 1 is 1.03 bits per heavy atom. The highest BCUT2D eigenvalue weighted by molar-refractivity contribution is 5.69. The van der Waals surface area contributed by atoms with E-state index < -0.39 is 0 Å². The third-order valence-corrected chi connectivity index (χ3v) is 7.28. The number of likely N-dealkylation sites (tertiary alicyclic amines) is 1. The summed E-state index contributed by atoms with van der Waals surface area (Å²) in [5.41, 5.74) is 4.03. The molecule has 4 aromatic heterocycles. The number of nitrogens with zero attached hydrogens (tertiary/aromatic N) is 11. The molecule has 0 amide bonds. The number of rotatable bonds is 7. The van der Waals surface area contributed by atoms with Gasteiger partial charge in [0, 0.05) is 44.3 Å². The van der Waals surface area contributed by atoms with Gasteiger partial charge in [-0.05, 0) is 50.4 Å². The van der Waals surface area contributed by atoms with Crippen molar-refractivity contribution >= 4 is 17.2 Å². The third-order valence-electron chi connectivity index (χ3n) is 7.28. The Morgan fingerprint density at radius 3 is 2.62 bits per heavy atom. The van der Waals surface area contributed by atoms with Crippen molar-refractivity contribution in [1.82, 2.24) is 49.6 Å². The van der Waals surface area contributed by atoms with Crippen molar-refractivity contribution in [3.8, 4) is 11.3 Å². The van der Waals surface area contributed by atoms with E-state index in [0.717, 1.165) is 36.8 Å². The number of aromatic nitrogens is 9. The highest BCUT2D eigenvalue weighted by Crippen LogP contribution is 2.28. The molecule has 2 saturated heterocycles. The van der Waals surface area contributed by atoms with Crippen LogP contribution in [0.1, 0.15) is 37.7 Å². The molecule has 6 heterocycles. The van der Waals surface area contributed by atoms with Crippen molar-refractivity contribution < 1.29 is 4.74 Å². The fourth-order valence-corrected chi connectivity index (χ4v) is 5.29. The molecule has 2 fully saturated rings. The number of hydrogen-bond donors (Lipinski definition) is 0. The molecule has 4 aromatic rings. The first-order chi connectivity index (χ1) is 18.2. The fourth-order valence-electron chi connectivity index (χ4n) is 5.29. The van der Waals surface area contributed by atoms with Gasteiger partial charge in [-0.3, -0.25) is 4.68 Å². The zero-order chi connectivity index (χ0) is 25.2. The van der Waals surface area contributed by atoms with Crippen LogP contribution in [0.5, 0.6) is 0 Å². The van der Waals surface area contributed by atoms with Gasteiger partial charge >= 0.3 is 0 Å². The quantitative estimate of drug-likeness (QED) is 0.370. The first-order valence-corrected chi connectivity index (χ1v) is 13.1. The van der Waals surface area contributed by atoms with Crippen LogP contribution in [0.3, 0.4) is 0 Å². The van der Waals surface area contributed by atoms with Crippen LogP contribution in [-0.2, 0) is 18.3 Å². The number of morpholine rings is 1. The molecule has 0 saturated carbocycles. The van der Waals surface area contributed by atoms with Crippen LogP contribution >= 0.6 is 0 Å². The van der Waals surface area contributed by atoms with E-state index in [-0.39, 0.29) is 6.10 Å². The molecule has 37 heavy (non-hydrogen) atoms. The van der Waals surface area contributed by atoms with Gasteiger partial charge in [0.1, 0.15) is 0 Å². The van der Waals surface area contributed by atoms with Crippen LogP contribution in [-0.4, -0.2) is 95.0 Å². The topological polar surface area (TPSA) is 116 Å². The van der Waals surface area contributed by atoms with Crippen LogP contribution in [0.4, 0.5) is 5.95 Å². The summed E-state index contributed by atoms with van der Waals surface area (Å²) in [5, 5.41) is 12.7. The Balaban J connectivity index is 1.11. The monoisotopic (exact) mass is 503 g/mol. The number of fused-ring (bicyclic) bond motifs is 1. The molecule has 0 N–H and O–H groups in total. The van der Waals surface area contributed by atoms with E-state index in [1.54, 1.807) is 21.8 Å². The molecule has 6 rings (SSSR count). The van der Waals surface area contributed by atoms with Crippen molar-refractivity contribution in [3.05, 3.63) is 36.5 Å². The van der Waals surface area contributed by atoms with Gasteiger partial charge in [0.15, 0.2) is 5.65 Å². The third kappa shape index (κ3) is 5.16. The Bertz CT molecular complexity index is 1330. The lowest BCUT2D eigenvalue weighted by Gasteiger charge is -2.33. The van der Waals surface area contributed by atoms with Crippen LogP contribution in [0.25, 0.3) is 22.6 Å². The molecule has 2 aliphatic heterocycles. The first-order valence-electron chi connectivity index (χ1n) is 13.1. The van der Waals surface area contributed by atoms with Gasteiger partial charge < -0.3 is 14.5 Å². The van der Waals surface area contributed by atoms with Gasteiger partial charge in [-0.15, -0.1) is 5.10 Å². The van der Waals surface area contributed by atoms with Gasteiger partial charge in [0.2, 0.25) is 11.6 Å². The molecule has 0 radical (unpaired) electrons. The smallest absolute Gasteiger partial charge is 0.225 e. The standard InChI is InChI=1S/C25H33N11O/c1-3-6-34-7-4-18(5-8-34)19-11-27-25(28-12-19)35-9-10-37-21(16-35)17-36-24-23(31-32-36)26-14-22(30-24)20-13-29-33(2)15-20/h11-15,18,21H,3-10,16-17H2,1-2H3/t21-/m1/s1. The van der Waals surface area contributed by atoms with Gasteiger partial charge in [0.05, 0.1) is 37.3 Å². The molecule has 12 heteroatoms. The van der Waals surface area contributed by atoms with Crippen LogP contribution in [0.15, 0.2) is 31.0 Å². The number of hydrogen-bond acceptors (Lipinski definition) is 10. The molecular weight excluding hydrogens is 470 g/mol. The Hall–Kier alpha value is -3.51. The predicted molar refractivity (Wildman–Crippen MR) is 138 cm³/mol. The molecular formula is C25H33N11O. The van der Waals surface area contributed by atoms with E-state index in [1.807, 2.05) is 25.6 Å². The maximum absolute atomic E-state index is 6.07. The molecule has 12 nitrogen and oxygen atoms in total. The largest absolute Gasteiger partial charge is 0.373 e. The Morgan fingerprint density at radius 2 is 1.86 bits per heavy atom. The average molecular weight is 504 g/mol. The summed E-state index contributed by atoms with van der Waals surface area (Å²) in [6, 6.07) is 0. The maximum Gasteiger partial charge on any atom is 0.225 e. The Kier molecular flexibility index (Phi) is 6.75. The zero-order valence-electron chi connectivity index (χ0n) is 21.4. The number of piperidine rings is 1. The first kappa shape index (κ1) is 23.9. The predicted octanol–water partition coefficient (Wildman–Crippen LogP) is 1.91. The maximum atomic E-state index is 6.07. The summed E-state index contributed by atoms with van der Waals surface area (Å²) in [6.07, 6.45) is 12.9. The van der Waals surface area contributed by atoms with Gasteiger partial charge in [-0.2, -0.15) is 5.10 Å². The van der Waals surface area contributed by atoms with E-state index in [1.165, 1.54) is 31.4 Å². The van der Waals surface area contributed by atoms with Crippen LogP contribution in [0, 0.1) is 0 Å². The molecule has 194 valence electrons. The van der Waals surface area contributed by atoms with Gasteiger partial charge in [-0.1, -0.05) is 12.1 Å². The minimum Gasteiger partial charge on any atom is -0.373 e. The summed E-state index contributed by atoms with van der Waals surface area (Å²) in [5.74, 6) is 1.31. The Labute approximate surface area is 215 Å². The zero-order valence-corrected chi connectivity index (χ0v) is 21.4. The highest BCUT2D eigenvalue weighted by atomic mass is 16.5. The molecule has 0 spiro atoms. The van der Waals surface area contributed by atoms with E-state index in [9.17, 15) is 0 Å². The number of anilines is 1. The van der Waals surface area contributed by atoms with E-state index in [2.05, 4.69) is 37.1 Å². The van der Waals surface area contributed by atoms with Crippen molar-refractivity contribution in [2.24, 2.45) is 7.05 Å². The molecule has 0 unspecified atom stereocenters. The minimum absolute atomic E-state index is 0.0892. The molecule has 0 aliphatic carbocycles. The number of ether oxygens (including phenoxy) is 1. The highest BCUT2D eigenvalue weighted by Gasteiger charge is 2.25. The SMILES string of the molecule is CCCN1CCC(c2cnc(N3CCO[C@@H](Cn4nnc5ncc(-c6cnn(C)c6)nc54)C3)nc2)CC1. The lowest BCUT2D eigenvalue weighted by molar-refractivity contribution is 0.0272. The molecule has 2 aliphatic rings. The lowest BCUT2D eigenvalue weighted by atomic mass is 9.91. The fraction of sp³-hybridized carbons (Fsp3) is 0.560. The minimum atomic E-state index is -0.0892. The summed E-state index contributed by atoms with van der Waals surface area (Å²) in [6.45, 7) is 8.32. The van der Waals surface area contributed by atoms with Gasteiger partial charge in [0.25, 0.3) is 0 Å². The summed E-state index contributed by atoms with van der Waals surface area (Å²) < 4.78 is 9.58. The van der Waals surface area contributed by atoms with E-state index in [0.29, 0.717) is 36.9 Å². The van der Waals surface area contributed by atoms with Crippen molar-refractivity contribution in [3.63, 3.8) is 0 Å². The second-order valence-corrected chi connectivity index (χ2v) is 9.95. The van der Waals surface area contributed by atoms with Crippen LogP contribution in [0.2, 0.25) is 0 Å². The normalized spacial score (nSPS) is 19.6. The summed E-state index contributed by atoms with van der Waals surface area (Å²) in [4.78, 5) is 23.4. The van der Waals surface area contributed by atoms with Crippen molar-refractivity contribution in [2.45, 2.75) is 44.8 Å². The van der Waals surface area contributed by atoms with Gasteiger partial charge in [-0.25, -0.2) is 24.6 Å². The van der Waals surface area contributed by atoms with Crippen LogP contribution < -0.4 is 4.90 Å².